The maximum absolute atomic E-state index is 12.7. The molecule has 0 saturated heterocycles. The van der Waals surface area contributed by atoms with Crippen molar-refractivity contribution in [1.82, 2.24) is 4.57 Å². The summed E-state index contributed by atoms with van der Waals surface area (Å²) in [5, 5.41) is 13.4. The predicted octanol–water partition coefficient (Wildman–Crippen LogP) is 2.38. The van der Waals surface area contributed by atoms with E-state index in [1.54, 1.807) is 31.2 Å². The van der Waals surface area contributed by atoms with E-state index in [1.165, 1.54) is 28.8 Å². The molecule has 0 aliphatic carbocycles. The summed E-state index contributed by atoms with van der Waals surface area (Å²) in [6.07, 6.45) is 1.08. The van der Waals surface area contributed by atoms with E-state index in [1.807, 2.05) is 0 Å². The molecule has 140 valence electrons. The van der Waals surface area contributed by atoms with Gasteiger partial charge in [0.05, 0.1) is 10.4 Å². The summed E-state index contributed by atoms with van der Waals surface area (Å²) in [6, 6.07) is 12.3. The first-order valence-corrected chi connectivity index (χ1v) is 10.1. The fraction of sp³-hybridized carbons (Fsp3) is 0.158. The van der Waals surface area contributed by atoms with Crippen molar-refractivity contribution >= 4 is 32.3 Å². The van der Waals surface area contributed by atoms with Crippen molar-refractivity contribution in [3.05, 3.63) is 64.4 Å². The third-order valence-electron chi connectivity index (χ3n) is 4.23. The zero-order chi connectivity index (χ0) is 19.8. The zero-order valence-corrected chi connectivity index (χ0v) is 15.6. The molecule has 0 aliphatic rings. The van der Waals surface area contributed by atoms with Crippen LogP contribution in [0.3, 0.4) is 0 Å². The first kappa shape index (κ1) is 18.7. The van der Waals surface area contributed by atoms with Gasteiger partial charge in [0.1, 0.15) is 11.3 Å². The second-order valence-electron chi connectivity index (χ2n) is 6.04. The van der Waals surface area contributed by atoms with Gasteiger partial charge in [0, 0.05) is 23.9 Å². The van der Waals surface area contributed by atoms with Gasteiger partial charge >= 0.3 is 0 Å². The van der Waals surface area contributed by atoms with Gasteiger partial charge in [0.15, 0.2) is 9.84 Å². The molecule has 0 fully saturated rings. The number of aromatic hydroxyl groups is 1. The molecule has 2 N–H and O–H groups in total. The van der Waals surface area contributed by atoms with Crippen molar-refractivity contribution < 1.29 is 18.3 Å². The number of rotatable bonds is 4. The minimum atomic E-state index is -3.35. The number of pyridine rings is 1. The smallest absolute Gasteiger partial charge is 0.267 e. The Kier molecular flexibility index (Phi) is 4.75. The van der Waals surface area contributed by atoms with Crippen LogP contribution in [0.2, 0.25) is 0 Å². The molecule has 1 aromatic heterocycles. The number of sulfone groups is 1. The summed E-state index contributed by atoms with van der Waals surface area (Å²) in [5.41, 5.74) is -0.111. The number of hydrogen-bond acceptors (Lipinski definition) is 5. The molecule has 0 spiro atoms. The lowest BCUT2D eigenvalue weighted by atomic mass is 10.1. The lowest BCUT2D eigenvalue weighted by Crippen LogP contribution is -2.29. The molecule has 3 rings (SSSR count). The number of aromatic nitrogens is 1. The van der Waals surface area contributed by atoms with Crippen LogP contribution in [0.4, 0.5) is 5.69 Å². The van der Waals surface area contributed by atoms with Gasteiger partial charge in [-0.15, -0.1) is 0 Å². The average molecular weight is 386 g/mol. The van der Waals surface area contributed by atoms with Crippen molar-refractivity contribution in [2.75, 3.05) is 11.6 Å². The largest absolute Gasteiger partial charge is 0.506 e. The Morgan fingerprint density at radius 2 is 1.74 bits per heavy atom. The third-order valence-corrected chi connectivity index (χ3v) is 5.36. The van der Waals surface area contributed by atoms with Gasteiger partial charge in [-0.05, 0) is 43.3 Å². The lowest BCUT2D eigenvalue weighted by molar-refractivity contribution is 0.102. The normalized spacial score (nSPS) is 11.5. The van der Waals surface area contributed by atoms with Gasteiger partial charge in [-0.3, -0.25) is 9.59 Å². The highest BCUT2D eigenvalue weighted by Gasteiger charge is 2.22. The lowest BCUT2D eigenvalue weighted by Gasteiger charge is -2.13. The van der Waals surface area contributed by atoms with Crippen molar-refractivity contribution in [2.45, 2.75) is 18.4 Å². The molecular weight excluding hydrogens is 368 g/mol. The molecule has 0 unspecified atom stereocenters. The summed E-state index contributed by atoms with van der Waals surface area (Å²) < 4.78 is 24.4. The molecule has 0 radical (unpaired) electrons. The van der Waals surface area contributed by atoms with E-state index < -0.39 is 21.3 Å². The third kappa shape index (κ3) is 3.43. The minimum absolute atomic E-state index is 0.113. The first-order chi connectivity index (χ1) is 12.7. The van der Waals surface area contributed by atoms with E-state index in [9.17, 15) is 23.1 Å². The quantitative estimate of drug-likeness (QED) is 0.716. The van der Waals surface area contributed by atoms with Crippen LogP contribution in [0.5, 0.6) is 5.75 Å². The fourth-order valence-electron chi connectivity index (χ4n) is 2.89. The van der Waals surface area contributed by atoms with Crippen LogP contribution < -0.4 is 10.9 Å². The van der Waals surface area contributed by atoms with Crippen molar-refractivity contribution in [1.29, 1.82) is 0 Å². The van der Waals surface area contributed by atoms with Gasteiger partial charge in [0.2, 0.25) is 0 Å². The zero-order valence-electron chi connectivity index (χ0n) is 14.8. The van der Waals surface area contributed by atoms with Crippen LogP contribution in [0.25, 0.3) is 10.9 Å². The summed E-state index contributed by atoms with van der Waals surface area (Å²) in [4.78, 5) is 25.5. The van der Waals surface area contributed by atoms with E-state index in [-0.39, 0.29) is 16.2 Å². The molecular formula is C19H18N2O5S. The summed E-state index contributed by atoms with van der Waals surface area (Å²) in [6.45, 7) is 2.11. The van der Waals surface area contributed by atoms with Crippen LogP contribution in [-0.2, 0) is 16.4 Å². The highest BCUT2D eigenvalue weighted by molar-refractivity contribution is 7.90. The van der Waals surface area contributed by atoms with Crippen LogP contribution in [0, 0.1) is 0 Å². The Bertz CT molecular complexity index is 1200. The van der Waals surface area contributed by atoms with Gasteiger partial charge in [-0.25, -0.2) is 8.42 Å². The van der Waals surface area contributed by atoms with E-state index in [0.29, 0.717) is 23.1 Å². The molecule has 0 saturated carbocycles. The Balaban J connectivity index is 2.05. The standard InChI is InChI=1S/C19H18N2O5S/c1-3-21-15-7-5-4-6-14(15)17(22)16(19(21)24)18(23)20-12-8-10-13(11-9-12)27(2,25)26/h4-11,22H,3H2,1-2H3,(H,20,23). The molecule has 0 atom stereocenters. The molecule has 0 bridgehead atoms. The number of aryl methyl sites for hydroxylation is 1. The Morgan fingerprint density at radius 3 is 2.33 bits per heavy atom. The van der Waals surface area contributed by atoms with Crippen LogP contribution in [0.15, 0.2) is 58.2 Å². The second-order valence-corrected chi connectivity index (χ2v) is 8.06. The maximum atomic E-state index is 12.7. The van der Waals surface area contributed by atoms with Gasteiger partial charge < -0.3 is 15.0 Å². The number of para-hydroxylation sites is 1. The molecule has 27 heavy (non-hydrogen) atoms. The number of fused-ring (bicyclic) bond motifs is 1. The molecule has 7 nitrogen and oxygen atoms in total. The van der Waals surface area contributed by atoms with Gasteiger partial charge in [-0.2, -0.15) is 0 Å². The summed E-state index contributed by atoms with van der Waals surface area (Å²) in [5.74, 6) is -1.15. The Labute approximate surface area is 155 Å². The number of nitrogens with one attached hydrogen (secondary N) is 1. The number of amides is 1. The second kappa shape index (κ2) is 6.88. The van der Waals surface area contributed by atoms with E-state index in [4.69, 9.17) is 0 Å². The number of nitrogens with zero attached hydrogens (tertiary/aromatic N) is 1. The molecule has 1 amide bonds. The van der Waals surface area contributed by atoms with Gasteiger partial charge in [0.25, 0.3) is 11.5 Å². The fourth-order valence-corrected chi connectivity index (χ4v) is 3.52. The van der Waals surface area contributed by atoms with Crippen molar-refractivity contribution in [3.8, 4) is 5.75 Å². The number of carbonyl (C=O) groups is 1. The topological polar surface area (TPSA) is 105 Å². The SMILES string of the molecule is CCn1c(=O)c(C(=O)Nc2ccc(S(C)(=O)=O)cc2)c(O)c2ccccc21. The van der Waals surface area contributed by atoms with Crippen LogP contribution in [0.1, 0.15) is 17.3 Å². The Morgan fingerprint density at radius 1 is 1.11 bits per heavy atom. The molecule has 2 aromatic carbocycles. The highest BCUT2D eigenvalue weighted by atomic mass is 32.2. The monoisotopic (exact) mass is 386 g/mol. The Hall–Kier alpha value is -3.13. The van der Waals surface area contributed by atoms with Crippen molar-refractivity contribution in [3.63, 3.8) is 0 Å². The average Bonchev–Trinajstić information content (AvgIpc) is 2.62. The number of benzene rings is 2. The first-order valence-electron chi connectivity index (χ1n) is 8.20. The van der Waals surface area contributed by atoms with E-state index in [2.05, 4.69) is 5.32 Å². The summed E-state index contributed by atoms with van der Waals surface area (Å²) >= 11 is 0. The van der Waals surface area contributed by atoms with Crippen LogP contribution in [-0.4, -0.2) is 30.3 Å². The number of carbonyl (C=O) groups excluding carboxylic acids is 1. The van der Waals surface area contributed by atoms with Crippen LogP contribution >= 0.6 is 0 Å². The molecule has 3 aromatic rings. The number of anilines is 1. The molecule has 0 aliphatic heterocycles. The maximum Gasteiger partial charge on any atom is 0.267 e. The van der Waals surface area contributed by atoms with Crippen molar-refractivity contribution in [2.24, 2.45) is 0 Å². The molecule has 8 heteroatoms. The predicted molar refractivity (Wildman–Crippen MR) is 103 cm³/mol. The minimum Gasteiger partial charge on any atom is -0.506 e. The summed E-state index contributed by atoms with van der Waals surface area (Å²) in [7, 11) is -3.35. The number of hydrogen-bond donors (Lipinski definition) is 2. The molecule has 1 heterocycles. The van der Waals surface area contributed by atoms with E-state index in [0.717, 1.165) is 6.26 Å². The van der Waals surface area contributed by atoms with E-state index >= 15 is 0 Å². The highest BCUT2D eigenvalue weighted by Crippen LogP contribution is 2.27. The van der Waals surface area contributed by atoms with Gasteiger partial charge in [-0.1, -0.05) is 12.1 Å².